The van der Waals surface area contributed by atoms with E-state index in [4.69, 9.17) is 9.47 Å². The highest BCUT2D eigenvalue weighted by molar-refractivity contribution is 5.92. The van der Waals surface area contributed by atoms with Crippen LogP contribution in [0.15, 0.2) is 42.5 Å². The lowest BCUT2D eigenvalue weighted by molar-refractivity contribution is -0.143. The van der Waals surface area contributed by atoms with Crippen LogP contribution in [0.3, 0.4) is 0 Å². The van der Waals surface area contributed by atoms with Crippen molar-refractivity contribution in [2.24, 2.45) is 0 Å². The molecule has 0 unspecified atom stereocenters. The SMILES string of the molecule is CC(C)OC(=O)/C=C/C(=O)OC[C@H](C)NC(=O)Nc1ccccc1. The first-order valence-electron chi connectivity index (χ1n) is 7.55. The van der Waals surface area contributed by atoms with Crippen molar-refractivity contribution in [1.29, 1.82) is 0 Å². The van der Waals surface area contributed by atoms with Crippen LogP contribution in [0.5, 0.6) is 0 Å². The number of urea groups is 1. The number of para-hydroxylation sites is 1. The molecule has 0 radical (unpaired) electrons. The average Bonchev–Trinajstić information content (AvgIpc) is 2.51. The second kappa shape index (κ2) is 10.0. The van der Waals surface area contributed by atoms with Gasteiger partial charge in [-0.3, -0.25) is 0 Å². The molecule has 0 aliphatic carbocycles. The van der Waals surface area contributed by atoms with Gasteiger partial charge in [-0.15, -0.1) is 0 Å². The van der Waals surface area contributed by atoms with E-state index in [2.05, 4.69) is 10.6 Å². The van der Waals surface area contributed by atoms with Gasteiger partial charge in [-0.05, 0) is 32.9 Å². The molecule has 1 aromatic carbocycles. The molecule has 24 heavy (non-hydrogen) atoms. The van der Waals surface area contributed by atoms with Crippen LogP contribution in [-0.2, 0) is 19.1 Å². The van der Waals surface area contributed by atoms with Crippen LogP contribution in [-0.4, -0.2) is 36.7 Å². The van der Waals surface area contributed by atoms with Crippen molar-refractivity contribution < 1.29 is 23.9 Å². The number of esters is 2. The van der Waals surface area contributed by atoms with E-state index >= 15 is 0 Å². The van der Waals surface area contributed by atoms with Crippen molar-refractivity contribution in [3.05, 3.63) is 42.5 Å². The molecule has 1 aromatic rings. The highest BCUT2D eigenvalue weighted by Gasteiger charge is 2.10. The molecule has 130 valence electrons. The predicted molar refractivity (Wildman–Crippen MR) is 89.4 cm³/mol. The summed E-state index contributed by atoms with van der Waals surface area (Å²) in [4.78, 5) is 34.4. The maximum atomic E-state index is 11.7. The molecule has 0 spiro atoms. The third kappa shape index (κ3) is 8.57. The number of carbonyl (C=O) groups is 3. The fraction of sp³-hybridized carbons (Fsp3) is 0.353. The van der Waals surface area contributed by atoms with Crippen molar-refractivity contribution in [1.82, 2.24) is 5.32 Å². The molecule has 0 heterocycles. The first kappa shape index (κ1) is 19.2. The maximum absolute atomic E-state index is 11.7. The Labute approximate surface area is 141 Å². The normalized spacial score (nSPS) is 11.8. The summed E-state index contributed by atoms with van der Waals surface area (Å²) in [5.74, 6) is -1.30. The van der Waals surface area contributed by atoms with Crippen molar-refractivity contribution in [2.45, 2.75) is 32.9 Å². The molecule has 0 saturated heterocycles. The Morgan fingerprint density at radius 3 is 2.29 bits per heavy atom. The molecule has 2 amide bonds. The molecule has 0 aliphatic rings. The topological polar surface area (TPSA) is 93.7 Å². The molecule has 1 rings (SSSR count). The Balaban J connectivity index is 2.28. The predicted octanol–water partition coefficient (Wildman–Crippen LogP) is 2.25. The summed E-state index contributed by atoms with van der Waals surface area (Å²) in [6, 6.07) is 8.16. The molecule has 7 nitrogen and oxygen atoms in total. The van der Waals surface area contributed by atoms with Gasteiger partial charge in [0.15, 0.2) is 0 Å². The van der Waals surface area contributed by atoms with Gasteiger partial charge in [0.25, 0.3) is 0 Å². The van der Waals surface area contributed by atoms with Crippen LogP contribution in [0.2, 0.25) is 0 Å². The second-order valence-corrected chi connectivity index (χ2v) is 5.31. The van der Waals surface area contributed by atoms with Gasteiger partial charge in [0.1, 0.15) is 6.61 Å². The molecule has 0 aliphatic heterocycles. The molecule has 1 atom stereocenters. The van der Waals surface area contributed by atoms with Gasteiger partial charge in [0.05, 0.1) is 12.1 Å². The summed E-state index contributed by atoms with van der Waals surface area (Å²) in [6.45, 7) is 5.08. The van der Waals surface area contributed by atoms with E-state index in [-0.39, 0.29) is 12.7 Å². The number of hydrogen-bond acceptors (Lipinski definition) is 5. The van der Waals surface area contributed by atoms with Crippen LogP contribution in [0.4, 0.5) is 10.5 Å². The van der Waals surface area contributed by atoms with Gasteiger partial charge >= 0.3 is 18.0 Å². The third-order valence-corrected chi connectivity index (χ3v) is 2.59. The van der Waals surface area contributed by atoms with E-state index in [0.29, 0.717) is 5.69 Å². The molecule has 0 fully saturated rings. The van der Waals surface area contributed by atoms with Gasteiger partial charge in [0.2, 0.25) is 0 Å². The minimum atomic E-state index is -0.687. The third-order valence-electron chi connectivity index (χ3n) is 2.59. The summed E-state index contributed by atoms with van der Waals surface area (Å²) >= 11 is 0. The van der Waals surface area contributed by atoms with Gasteiger partial charge in [-0.25, -0.2) is 14.4 Å². The van der Waals surface area contributed by atoms with Crippen LogP contribution in [0.25, 0.3) is 0 Å². The van der Waals surface area contributed by atoms with E-state index in [9.17, 15) is 14.4 Å². The van der Waals surface area contributed by atoms with Crippen molar-refractivity contribution in [3.63, 3.8) is 0 Å². The summed E-state index contributed by atoms with van der Waals surface area (Å²) in [5.41, 5.74) is 0.658. The largest absolute Gasteiger partial charge is 0.460 e. The molecular formula is C17H22N2O5. The minimum Gasteiger partial charge on any atom is -0.460 e. The van der Waals surface area contributed by atoms with E-state index in [0.717, 1.165) is 12.2 Å². The van der Waals surface area contributed by atoms with Crippen molar-refractivity contribution >= 4 is 23.7 Å². The van der Waals surface area contributed by atoms with E-state index in [1.165, 1.54) is 0 Å². The Kier molecular flexibility index (Phi) is 8.04. The van der Waals surface area contributed by atoms with Crippen LogP contribution in [0.1, 0.15) is 20.8 Å². The highest BCUT2D eigenvalue weighted by atomic mass is 16.5. The van der Waals surface area contributed by atoms with Crippen LogP contribution in [0, 0.1) is 0 Å². The zero-order valence-corrected chi connectivity index (χ0v) is 13.9. The van der Waals surface area contributed by atoms with Crippen LogP contribution >= 0.6 is 0 Å². The average molecular weight is 334 g/mol. The van der Waals surface area contributed by atoms with Gasteiger partial charge < -0.3 is 20.1 Å². The molecular weight excluding hydrogens is 312 g/mol. The molecule has 0 aromatic heterocycles. The Morgan fingerprint density at radius 1 is 1.04 bits per heavy atom. The molecule has 2 N–H and O–H groups in total. The number of amides is 2. The quantitative estimate of drug-likeness (QED) is 0.589. The lowest BCUT2D eigenvalue weighted by Gasteiger charge is -2.14. The Hall–Kier alpha value is -2.83. The fourth-order valence-corrected chi connectivity index (χ4v) is 1.62. The fourth-order valence-electron chi connectivity index (χ4n) is 1.62. The Bertz CT molecular complexity index is 584. The molecule has 0 saturated carbocycles. The number of rotatable bonds is 7. The van der Waals surface area contributed by atoms with Gasteiger partial charge in [-0.1, -0.05) is 18.2 Å². The lowest BCUT2D eigenvalue weighted by Crippen LogP contribution is -2.39. The van der Waals surface area contributed by atoms with Gasteiger partial charge in [-0.2, -0.15) is 0 Å². The molecule has 0 bridgehead atoms. The number of benzene rings is 1. The summed E-state index contributed by atoms with van der Waals surface area (Å²) < 4.78 is 9.77. The standard InChI is InChI=1S/C17H22N2O5/c1-12(2)24-16(21)10-9-15(20)23-11-13(3)18-17(22)19-14-7-5-4-6-8-14/h4-10,12-13H,11H2,1-3H3,(H2,18,19,22)/b10-9+/t13-/m0/s1. The maximum Gasteiger partial charge on any atom is 0.331 e. The monoisotopic (exact) mass is 334 g/mol. The minimum absolute atomic E-state index is 0.0232. The van der Waals surface area contributed by atoms with Crippen molar-refractivity contribution in [3.8, 4) is 0 Å². The van der Waals surface area contributed by atoms with E-state index in [1.54, 1.807) is 45.0 Å². The summed E-state index contributed by atoms with van der Waals surface area (Å²) in [7, 11) is 0. The van der Waals surface area contributed by atoms with Crippen LogP contribution < -0.4 is 10.6 Å². The van der Waals surface area contributed by atoms with E-state index in [1.807, 2.05) is 6.07 Å². The van der Waals surface area contributed by atoms with Crippen molar-refractivity contribution in [2.75, 3.05) is 11.9 Å². The lowest BCUT2D eigenvalue weighted by atomic mass is 10.3. The molecule has 7 heteroatoms. The Morgan fingerprint density at radius 2 is 1.67 bits per heavy atom. The summed E-state index contributed by atoms with van der Waals surface area (Å²) in [6.07, 6.45) is 1.73. The number of ether oxygens (including phenoxy) is 2. The first-order chi connectivity index (χ1) is 11.4. The second-order valence-electron chi connectivity index (χ2n) is 5.31. The number of anilines is 1. The summed E-state index contributed by atoms with van der Waals surface area (Å²) in [5, 5.41) is 5.28. The zero-order valence-electron chi connectivity index (χ0n) is 13.9. The number of nitrogens with one attached hydrogen (secondary N) is 2. The number of hydrogen-bond donors (Lipinski definition) is 2. The van der Waals surface area contributed by atoms with E-state index < -0.39 is 24.0 Å². The number of carbonyl (C=O) groups excluding carboxylic acids is 3. The van der Waals surface area contributed by atoms with Gasteiger partial charge in [0, 0.05) is 17.8 Å². The smallest absolute Gasteiger partial charge is 0.331 e. The first-order valence-corrected chi connectivity index (χ1v) is 7.55. The highest BCUT2D eigenvalue weighted by Crippen LogP contribution is 2.04. The zero-order chi connectivity index (χ0) is 17.9.